The minimum absolute atomic E-state index is 0. The smallest absolute Gasteiger partial charge is 0.657 e. The van der Waals surface area contributed by atoms with E-state index in [1.165, 1.54) is 0 Å². The number of fused-ring (bicyclic) bond motifs is 9. The minimum Gasteiger partial charge on any atom is -0.657 e. The molecule has 2 aliphatic heterocycles. The van der Waals surface area contributed by atoms with Gasteiger partial charge in [0, 0.05) is 5.57 Å². The summed E-state index contributed by atoms with van der Waals surface area (Å²) in [4.78, 5) is 30.6. The third-order valence-electron chi connectivity index (χ3n) is 10.6. The average molecular weight is 788 g/mol. The van der Waals surface area contributed by atoms with Crippen LogP contribution in [0.1, 0.15) is 28.6 Å². The van der Waals surface area contributed by atoms with Crippen molar-refractivity contribution in [1.29, 1.82) is 0 Å². The van der Waals surface area contributed by atoms with E-state index in [0.29, 0.717) is 0 Å². The molecule has 276 valence electrons. The van der Waals surface area contributed by atoms with Crippen molar-refractivity contribution < 1.29 is 16.5 Å². The summed E-state index contributed by atoms with van der Waals surface area (Å²) in [7, 11) is 0. The van der Waals surface area contributed by atoms with Crippen LogP contribution in [-0.4, -0.2) is 19.9 Å². The maximum absolute atomic E-state index is 5.59. The first-order valence-electron chi connectivity index (χ1n) is 19.0. The molecule has 0 spiro atoms. The van der Waals surface area contributed by atoms with Gasteiger partial charge in [-0.1, -0.05) is 158 Å². The standard InChI is InChI=1S/C51H32N6.Ni/c1-5-15-32(16-6-1)46-39-25-26-40(52-39)47(33-17-7-2-8-18-33)42-29-30-44(54-42)49(35-21-11-4-12-22-35)50-36(51-56-37-23-13-14-24-38(37)57-51)31-45(55-50)48(34-19-9-3-10-20-34)43-28-27-41(46)53-43;/h1-31H,(H,56,57);/q-2;+2. The summed E-state index contributed by atoms with van der Waals surface area (Å²) in [5.41, 5.74) is 17.0. The van der Waals surface area contributed by atoms with Gasteiger partial charge in [-0.05, 0) is 74.9 Å². The summed E-state index contributed by atoms with van der Waals surface area (Å²) in [5.74, 6) is 0.732. The molecule has 58 heavy (non-hydrogen) atoms. The molecule has 0 saturated carbocycles. The van der Waals surface area contributed by atoms with E-state index >= 15 is 0 Å². The number of imidazole rings is 1. The summed E-state index contributed by atoms with van der Waals surface area (Å²) >= 11 is 0. The summed E-state index contributed by atoms with van der Waals surface area (Å²) in [6.45, 7) is 0. The Bertz CT molecular complexity index is 3180. The number of rotatable bonds is 5. The average Bonchev–Trinajstić information content (AvgIpc) is 4.12. The molecule has 4 aromatic heterocycles. The predicted octanol–water partition coefficient (Wildman–Crippen LogP) is 11.9. The Morgan fingerprint density at radius 2 is 0.793 bits per heavy atom. The molecule has 8 bridgehead atoms. The van der Waals surface area contributed by atoms with Crippen LogP contribution < -0.4 is 9.97 Å². The SMILES string of the molecule is C1=Cc2nc1c(-c1ccccc1)c1ccc([n-]1)c(-c1ccccc1)c1nc(c(-c3ccccc3)c3ccc([n-]3)c2-c2ccccc2)C(c2nc3ccccc3[nH]2)=C1.[Ni+2]. The number of aromatic amines is 1. The van der Waals surface area contributed by atoms with Gasteiger partial charge >= 0.3 is 16.5 Å². The Labute approximate surface area is 344 Å². The zero-order valence-electron chi connectivity index (χ0n) is 31.0. The van der Waals surface area contributed by atoms with E-state index in [4.69, 9.17) is 24.9 Å². The van der Waals surface area contributed by atoms with Crippen LogP contribution in [0.3, 0.4) is 0 Å². The molecule has 0 fully saturated rings. The first kappa shape index (κ1) is 35.1. The molecule has 0 atom stereocenters. The van der Waals surface area contributed by atoms with Crippen LogP contribution in [0.5, 0.6) is 0 Å². The van der Waals surface area contributed by atoms with E-state index in [9.17, 15) is 0 Å². The zero-order valence-corrected chi connectivity index (χ0v) is 31.9. The molecule has 0 unspecified atom stereocenters. The molecule has 5 aromatic carbocycles. The van der Waals surface area contributed by atoms with Crippen molar-refractivity contribution in [2.24, 2.45) is 0 Å². The minimum atomic E-state index is 0. The molecule has 7 heteroatoms. The molecule has 0 amide bonds. The Kier molecular flexibility index (Phi) is 8.85. The molecule has 0 aliphatic carbocycles. The van der Waals surface area contributed by atoms with Gasteiger partial charge in [-0.25, -0.2) is 15.0 Å². The number of aromatic nitrogens is 6. The van der Waals surface area contributed by atoms with Gasteiger partial charge in [-0.15, -0.1) is 22.1 Å². The van der Waals surface area contributed by atoms with E-state index in [1.807, 2.05) is 42.5 Å². The Balaban J connectivity index is 0.00000408. The molecule has 2 aliphatic rings. The van der Waals surface area contributed by atoms with E-state index in [2.05, 4.69) is 151 Å². The molecular formula is C51H32N6Ni. The second-order valence-electron chi connectivity index (χ2n) is 14.1. The quantitative estimate of drug-likeness (QED) is 0.176. The summed E-state index contributed by atoms with van der Waals surface area (Å²) in [5, 5.41) is 0. The van der Waals surface area contributed by atoms with E-state index in [0.717, 1.165) is 112 Å². The predicted molar refractivity (Wildman–Crippen MR) is 233 cm³/mol. The largest absolute Gasteiger partial charge is 2.00 e. The van der Waals surface area contributed by atoms with Crippen LogP contribution in [0, 0.1) is 0 Å². The second kappa shape index (κ2) is 14.6. The summed E-state index contributed by atoms with van der Waals surface area (Å²) in [6, 6.07) is 58.1. The third kappa shape index (κ3) is 6.10. The van der Waals surface area contributed by atoms with Gasteiger partial charge in [0.05, 0.1) is 33.8 Å². The zero-order chi connectivity index (χ0) is 37.7. The maximum Gasteiger partial charge on any atom is 2.00 e. The van der Waals surface area contributed by atoms with Gasteiger partial charge in [0.15, 0.2) is 0 Å². The first-order chi connectivity index (χ1) is 28.2. The molecule has 9 aromatic rings. The van der Waals surface area contributed by atoms with Crippen LogP contribution in [0.25, 0.3) is 101 Å². The van der Waals surface area contributed by atoms with Crippen molar-refractivity contribution in [3.05, 3.63) is 198 Å². The topological polar surface area (TPSA) is 82.7 Å². The fourth-order valence-corrected chi connectivity index (χ4v) is 8.03. The van der Waals surface area contributed by atoms with Gasteiger partial charge in [0.1, 0.15) is 5.82 Å². The monoisotopic (exact) mass is 786 g/mol. The Hall–Kier alpha value is -7.34. The van der Waals surface area contributed by atoms with Crippen LogP contribution in [0.4, 0.5) is 0 Å². The molecule has 11 rings (SSSR count). The number of nitrogens with one attached hydrogen (secondary N) is 1. The number of H-pyrrole nitrogens is 1. The Morgan fingerprint density at radius 3 is 1.28 bits per heavy atom. The van der Waals surface area contributed by atoms with Crippen LogP contribution in [0.2, 0.25) is 0 Å². The molecule has 1 N–H and O–H groups in total. The molecule has 0 radical (unpaired) electrons. The molecule has 0 saturated heterocycles. The molecule has 6 nitrogen and oxygen atoms in total. The van der Waals surface area contributed by atoms with E-state index in [1.54, 1.807) is 0 Å². The van der Waals surface area contributed by atoms with Crippen LogP contribution in [-0.2, 0) is 16.5 Å². The fraction of sp³-hybridized carbons (Fsp3) is 0. The molecule has 6 heterocycles. The van der Waals surface area contributed by atoms with Crippen molar-refractivity contribution in [3.8, 4) is 44.5 Å². The first-order valence-corrected chi connectivity index (χ1v) is 19.0. The van der Waals surface area contributed by atoms with E-state index in [-0.39, 0.29) is 16.5 Å². The number of nitrogens with zero attached hydrogens (tertiary/aromatic N) is 5. The van der Waals surface area contributed by atoms with Crippen LogP contribution >= 0.6 is 0 Å². The van der Waals surface area contributed by atoms with Gasteiger partial charge in [0.25, 0.3) is 0 Å². The van der Waals surface area contributed by atoms with Crippen molar-refractivity contribution >= 4 is 56.9 Å². The van der Waals surface area contributed by atoms with Gasteiger partial charge in [-0.3, -0.25) is 0 Å². The van der Waals surface area contributed by atoms with Crippen molar-refractivity contribution in [3.63, 3.8) is 0 Å². The summed E-state index contributed by atoms with van der Waals surface area (Å²) in [6.07, 6.45) is 6.36. The van der Waals surface area contributed by atoms with Gasteiger partial charge < -0.3 is 15.0 Å². The number of para-hydroxylation sites is 2. The maximum atomic E-state index is 5.59. The van der Waals surface area contributed by atoms with Crippen molar-refractivity contribution in [1.82, 2.24) is 29.9 Å². The second-order valence-corrected chi connectivity index (χ2v) is 14.1. The fourth-order valence-electron chi connectivity index (χ4n) is 8.03. The molecular weight excluding hydrogens is 755 g/mol. The number of hydrogen-bond donors (Lipinski definition) is 1. The number of benzene rings is 5. The van der Waals surface area contributed by atoms with Gasteiger partial charge in [-0.2, -0.15) is 0 Å². The van der Waals surface area contributed by atoms with Crippen LogP contribution in [0.15, 0.2) is 170 Å². The number of hydrogen-bond acceptors (Lipinski definition) is 3. The van der Waals surface area contributed by atoms with E-state index < -0.39 is 0 Å². The summed E-state index contributed by atoms with van der Waals surface area (Å²) < 4.78 is 0. The van der Waals surface area contributed by atoms with Gasteiger partial charge in [0.2, 0.25) is 0 Å². The van der Waals surface area contributed by atoms with Crippen molar-refractivity contribution in [2.75, 3.05) is 0 Å². The third-order valence-corrected chi connectivity index (χ3v) is 10.6. The normalized spacial score (nSPS) is 12.0. The van der Waals surface area contributed by atoms with Crippen molar-refractivity contribution in [2.45, 2.75) is 0 Å². The Morgan fingerprint density at radius 1 is 0.379 bits per heavy atom.